The average Bonchev–Trinajstić information content (AvgIpc) is 2.37. The van der Waals surface area contributed by atoms with Gasteiger partial charge in [0, 0.05) is 19.1 Å². The number of nitrogens with zero attached hydrogens (tertiary/aromatic N) is 1. The van der Waals surface area contributed by atoms with Crippen molar-refractivity contribution in [3.63, 3.8) is 0 Å². The van der Waals surface area contributed by atoms with Crippen molar-refractivity contribution in [1.29, 1.82) is 0 Å². The van der Waals surface area contributed by atoms with Crippen molar-refractivity contribution >= 4 is 6.09 Å². The number of hydrogen-bond acceptors (Lipinski definition) is 3. The molecule has 0 spiro atoms. The second kappa shape index (κ2) is 6.33. The molecule has 20 heavy (non-hydrogen) atoms. The van der Waals surface area contributed by atoms with Gasteiger partial charge in [-0.05, 0) is 58.4 Å². The highest BCUT2D eigenvalue weighted by atomic mass is 16.6. The maximum atomic E-state index is 12.1. The highest BCUT2D eigenvalue weighted by molar-refractivity contribution is 5.68. The Labute approximate surface area is 123 Å². The van der Waals surface area contributed by atoms with Crippen LogP contribution in [-0.4, -0.2) is 42.3 Å². The topological polar surface area (TPSA) is 41.6 Å². The SMILES string of the molecule is CC1CN(C(=O)OC(C)(C)C)CCC1C1CCCCN1. The first-order valence-corrected chi connectivity index (χ1v) is 8.08. The lowest BCUT2D eigenvalue weighted by atomic mass is 9.78. The number of carbonyl (C=O) groups excluding carboxylic acids is 1. The van der Waals surface area contributed by atoms with Gasteiger partial charge in [0.2, 0.25) is 0 Å². The molecule has 1 N–H and O–H groups in total. The van der Waals surface area contributed by atoms with Gasteiger partial charge in [0.15, 0.2) is 0 Å². The molecule has 2 aliphatic heterocycles. The summed E-state index contributed by atoms with van der Waals surface area (Å²) in [5.74, 6) is 1.25. The van der Waals surface area contributed by atoms with Crippen LogP contribution in [0.15, 0.2) is 0 Å². The minimum absolute atomic E-state index is 0.153. The predicted octanol–water partition coefficient (Wildman–Crippen LogP) is 3.02. The van der Waals surface area contributed by atoms with Crippen LogP contribution in [0, 0.1) is 11.8 Å². The molecule has 2 rings (SSSR count). The summed E-state index contributed by atoms with van der Waals surface area (Å²) < 4.78 is 5.48. The zero-order valence-corrected chi connectivity index (χ0v) is 13.4. The van der Waals surface area contributed by atoms with Crippen LogP contribution in [0.3, 0.4) is 0 Å². The summed E-state index contributed by atoms with van der Waals surface area (Å²) in [5.41, 5.74) is -0.401. The summed E-state index contributed by atoms with van der Waals surface area (Å²) >= 11 is 0. The normalized spacial score (nSPS) is 32.0. The first-order chi connectivity index (χ1) is 9.37. The largest absolute Gasteiger partial charge is 0.444 e. The van der Waals surface area contributed by atoms with E-state index in [-0.39, 0.29) is 6.09 Å². The van der Waals surface area contributed by atoms with E-state index in [1.165, 1.54) is 19.3 Å². The van der Waals surface area contributed by atoms with E-state index < -0.39 is 5.60 Å². The third kappa shape index (κ3) is 4.11. The van der Waals surface area contributed by atoms with Gasteiger partial charge in [0.1, 0.15) is 5.60 Å². The highest BCUT2D eigenvalue weighted by Crippen LogP contribution is 2.30. The molecule has 0 aromatic carbocycles. The van der Waals surface area contributed by atoms with Gasteiger partial charge in [-0.1, -0.05) is 13.3 Å². The minimum atomic E-state index is -0.401. The number of rotatable bonds is 1. The first kappa shape index (κ1) is 15.6. The van der Waals surface area contributed by atoms with Crippen molar-refractivity contribution in [2.45, 2.75) is 65.0 Å². The van der Waals surface area contributed by atoms with Crippen LogP contribution in [-0.2, 0) is 4.74 Å². The van der Waals surface area contributed by atoms with E-state index in [9.17, 15) is 4.79 Å². The van der Waals surface area contributed by atoms with E-state index in [0.717, 1.165) is 26.1 Å². The zero-order valence-electron chi connectivity index (χ0n) is 13.4. The summed E-state index contributed by atoms with van der Waals surface area (Å²) in [4.78, 5) is 14.0. The zero-order chi connectivity index (χ0) is 14.8. The summed E-state index contributed by atoms with van der Waals surface area (Å²) in [6.07, 6.45) is 4.89. The number of carbonyl (C=O) groups is 1. The quantitative estimate of drug-likeness (QED) is 0.804. The number of likely N-dealkylation sites (tertiary alicyclic amines) is 1. The molecule has 2 fully saturated rings. The Morgan fingerprint density at radius 1 is 1.25 bits per heavy atom. The van der Waals surface area contributed by atoms with Gasteiger partial charge in [-0.3, -0.25) is 0 Å². The van der Waals surface area contributed by atoms with E-state index in [1.54, 1.807) is 0 Å². The van der Waals surface area contributed by atoms with Crippen LogP contribution in [0.25, 0.3) is 0 Å². The van der Waals surface area contributed by atoms with Crippen molar-refractivity contribution in [3.8, 4) is 0 Å². The summed E-state index contributed by atoms with van der Waals surface area (Å²) in [5, 5.41) is 3.67. The van der Waals surface area contributed by atoms with Gasteiger partial charge in [0.05, 0.1) is 0 Å². The minimum Gasteiger partial charge on any atom is -0.444 e. The molecular weight excluding hydrogens is 252 g/mol. The molecule has 2 saturated heterocycles. The van der Waals surface area contributed by atoms with E-state index in [1.807, 2.05) is 25.7 Å². The van der Waals surface area contributed by atoms with Gasteiger partial charge in [-0.15, -0.1) is 0 Å². The fourth-order valence-electron chi connectivity index (χ4n) is 3.50. The molecular formula is C16H30N2O2. The molecule has 1 amide bonds. The van der Waals surface area contributed by atoms with Gasteiger partial charge in [0.25, 0.3) is 0 Å². The van der Waals surface area contributed by atoms with Crippen LogP contribution in [0.1, 0.15) is 53.4 Å². The van der Waals surface area contributed by atoms with Crippen LogP contribution >= 0.6 is 0 Å². The first-order valence-electron chi connectivity index (χ1n) is 8.08. The lowest BCUT2D eigenvalue weighted by Gasteiger charge is -2.42. The number of hydrogen-bond donors (Lipinski definition) is 1. The average molecular weight is 282 g/mol. The van der Waals surface area contributed by atoms with Crippen molar-refractivity contribution in [2.75, 3.05) is 19.6 Å². The smallest absolute Gasteiger partial charge is 0.410 e. The monoisotopic (exact) mass is 282 g/mol. The van der Waals surface area contributed by atoms with Crippen LogP contribution in [0.2, 0.25) is 0 Å². The lowest BCUT2D eigenvalue weighted by Crippen LogP contribution is -2.51. The summed E-state index contributed by atoms with van der Waals surface area (Å²) in [6, 6.07) is 0.652. The van der Waals surface area contributed by atoms with E-state index in [0.29, 0.717) is 17.9 Å². The number of ether oxygens (including phenoxy) is 1. The number of amides is 1. The summed E-state index contributed by atoms with van der Waals surface area (Å²) in [6.45, 7) is 10.9. The number of nitrogens with one attached hydrogen (secondary N) is 1. The third-order valence-corrected chi connectivity index (χ3v) is 4.49. The Bertz CT molecular complexity index is 332. The second-order valence-corrected chi connectivity index (χ2v) is 7.41. The second-order valence-electron chi connectivity index (χ2n) is 7.41. The van der Waals surface area contributed by atoms with Crippen LogP contribution in [0.5, 0.6) is 0 Å². The lowest BCUT2D eigenvalue weighted by molar-refractivity contribution is 0.00792. The fourth-order valence-corrected chi connectivity index (χ4v) is 3.50. The van der Waals surface area contributed by atoms with Gasteiger partial charge in [-0.25, -0.2) is 4.79 Å². The van der Waals surface area contributed by atoms with Gasteiger partial charge in [-0.2, -0.15) is 0 Å². The molecule has 0 aromatic heterocycles. The standard InChI is InChI=1S/C16H30N2O2/c1-12-11-18(15(19)20-16(2,3)4)10-8-13(12)14-7-5-6-9-17-14/h12-14,17H,5-11H2,1-4H3. The Morgan fingerprint density at radius 2 is 2.00 bits per heavy atom. The molecule has 116 valence electrons. The Balaban J connectivity index is 1.86. The molecule has 0 aromatic rings. The van der Waals surface area contributed by atoms with E-state index in [2.05, 4.69) is 12.2 Å². The maximum absolute atomic E-state index is 12.1. The molecule has 0 aliphatic carbocycles. The third-order valence-electron chi connectivity index (χ3n) is 4.49. The molecule has 2 heterocycles. The molecule has 4 nitrogen and oxygen atoms in total. The van der Waals surface area contributed by atoms with Crippen LogP contribution < -0.4 is 5.32 Å². The Morgan fingerprint density at radius 3 is 2.55 bits per heavy atom. The van der Waals surface area contributed by atoms with Gasteiger partial charge >= 0.3 is 6.09 Å². The molecule has 0 radical (unpaired) electrons. The van der Waals surface area contributed by atoms with Gasteiger partial charge < -0.3 is 15.0 Å². The molecule has 0 saturated carbocycles. The molecule has 0 bridgehead atoms. The van der Waals surface area contributed by atoms with Crippen molar-refractivity contribution in [3.05, 3.63) is 0 Å². The van der Waals surface area contributed by atoms with E-state index >= 15 is 0 Å². The van der Waals surface area contributed by atoms with Crippen molar-refractivity contribution in [1.82, 2.24) is 10.2 Å². The molecule has 4 heteroatoms. The summed E-state index contributed by atoms with van der Waals surface area (Å²) in [7, 11) is 0. The molecule has 3 atom stereocenters. The fraction of sp³-hybridized carbons (Fsp3) is 0.938. The van der Waals surface area contributed by atoms with E-state index in [4.69, 9.17) is 4.74 Å². The Kier molecular flexibility index (Phi) is 4.95. The Hall–Kier alpha value is -0.770. The van der Waals surface area contributed by atoms with Crippen molar-refractivity contribution < 1.29 is 9.53 Å². The maximum Gasteiger partial charge on any atom is 0.410 e. The van der Waals surface area contributed by atoms with Crippen molar-refractivity contribution in [2.24, 2.45) is 11.8 Å². The number of piperidine rings is 2. The predicted molar refractivity (Wildman–Crippen MR) is 80.7 cm³/mol. The molecule has 3 unspecified atom stereocenters. The molecule has 2 aliphatic rings. The van der Waals surface area contributed by atoms with Crippen LogP contribution in [0.4, 0.5) is 4.79 Å². The highest BCUT2D eigenvalue weighted by Gasteiger charge is 2.35.